The van der Waals surface area contributed by atoms with Crippen LogP contribution in [0.2, 0.25) is 0 Å². The van der Waals surface area contributed by atoms with Gasteiger partial charge in [-0.3, -0.25) is 0 Å². The highest BCUT2D eigenvalue weighted by Crippen LogP contribution is 2.38. The number of piperidine rings is 2. The highest BCUT2D eigenvalue weighted by molar-refractivity contribution is 9.10. The van der Waals surface area contributed by atoms with Crippen LogP contribution in [0.3, 0.4) is 0 Å². The molecule has 0 spiro atoms. The first-order chi connectivity index (χ1) is 9.78. The molecule has 3 rings (SSSR count). The summed E-state index contributed by atoms with van der Waals surface area (Å²) in [5.74, 6) is 0. The Bertz CT molecular complexity index is 434. The molecule has 110 valence electrons. The van der Waals surface area contributed by atoms with Crippen molar-refractivity contribution in [1.82, 2.24) is 5.32 Å². The molecule has 2 bridgehead atoms. The fraction of sp³-hybridized carbons (Fsp3) is 0.647. The molecule has 0 saturated carbocycles. The molecule has 2 saturated heterocycles. The van der Waals surface area contributed by atoms with Gasteiger partial charge in [0.2, 0.25) is 0 Å². The smallest absolute Gasteiger partial charge is 0.0382 e. The molecule has 0 amide bonds. The van der Waals surface area contributed by atoms with Gasteiger partial charge in [-0.15, -0.1) is 0 Å². The van der Waals surface area contributed by atoms with Gasteiger partial charge in [0.15, 0.2) is 0 Å². The van der Waals surface area contributed by atoms with Crippen LogP contribution in [0.1, 0.15) is 45.4 Å². The van der Waals surface area contributed by atoms with Gasteiger partial charge in [0.25, 0.3) is 0 Å². The van der Waals surface area contributed by atoms with Crippen molar-refractivity contribution >= 4 is 21.6 Å². The Labute approximate surface area is 131 Å². The quantitative estimate of drug-likeness (QED) is 0.879. The number of nitrogens with zero attached hydrogens (tertiary/aromatic N) is 1. The second kappa shape index (κ2) is 6.48. The fourth-order valence-electron chi connectivity index (χ4n) is 3.95. The minimum Gasteiger partial charge on any atom is -0.365 e. The maximum atomic E-state index is 3.75. The first-order valence-electron chi connectivity index (χ1n) is 8.05. The van der Waals surface area contributed by atoms with E-state index in [4.69, 9.17) is 0 Å². The average molecular weight is 337 g/mol. The van der Waals surface area contributed by atoms with Gasteiger partial charge in [0.1, 0.15) is 0 Å². The van der Waals surface area contributed by atoms with Crippen LogP contribution in [0.15, 0.2) is 28.7 Å². The third-order valence-electron chi connectivity index (χ3n) is 4.76. The molecule has 2 aliphatic heterocycles. The molecular weight excluding hydrogens is 312 g/mol. The van der Waals surface area contributed by atoms with E-state index in [0.29, 0.717) is 0 Å². The largest absolute Gasteiger partial charge is 0.365 e. The van der Waals surface area contributed by atoms with Crippen molar-refractivity contribution in [1.29, 1.82) is 0 Å². The Balaban J connectivity index is 1.76. The standard InChI is InChI=1S/C17H25BrN2/c1-2-9-19-14-11-16-7-4-8-17(12-14)20(16)15-6-3-5-13(18)10-15/h3,5-6,10,14,16-17,19H,2,4,7-9,11-12H2,1H3. The number of halogens is 1. The summed E-state index contributed by atoms with van der Waals surface area (Å²) in [6, 6.07) is 11.0. The monoisotopic (exact) mass is 336 g/mol. The number of hydrogen-bond acceptors (Lipinski definition) is 2. The number of fused-ring (bicyclic) bond motifs is 2. The Morgan fingerprint density at radius 3 is 2.65 bits per heavy atom. The summed E-state index contributed by atoms with van der Waals surface area (Å²) in [7, 11) is 0. The first kappa shape index (κ1) is 14.4. The molecule has 2 heterocycles. The number of benzene rings is 1. The minimum atomic E-state index is 0.728. The van der Waals surface area contributed by atoms with Gasteiger partial charge in [-0.05, 0) is 63.3 Å². The third-order valence-corrected chi connectivity index (χ3v) is 5.26. The van der Waals surface area contributed by atoms with Crippen molar-refractivity contribution in [2.24, 2.45) is 0 Å². The molecule has 2 atom stereocenters. The summed E-state index contributed by atoms with van der Waals surface area (Å²) in [5.41, 5.74) is 1.41. The van der Waals surface area contributed by atoms with Gasteiger partial charge >= 0.3 is 0 Å². The van der Waals surface area contributed by atoms with Gasteiger partial charge in [-0.2, -0.15) is 0 Å². The van der Waals surface area contributed by atoms with E-state index in [1.807, 2.05) is 0 Å². The van der Waals surface area contributed by atoms with E-state index in [2.05, 4.69) is 57.3 Å². The summed E-state index contributed by atoms with van der Waals surface area (Å²) >= 11 is 3.62. The minimum absolute atomic E-state index is 0.728. The lowest BCUT2D eigenvalue weighted by Gasteiger charge is -2.50. The summed E-state index contributed by atoms with van der Waals surface area (Å²) in [5, 5.41) is 3.75. The van der Waals surface area contributed by atoms with Gasteiger partial charge in [0.05, 0.1) is 0 Å². The molecule has 1 aromatic rings. The zero-order valence-corrected chi connectivity index (χ0v) is 13.9. The zero-order chi connectivity index (χ0) is 13.9. The number of anilines is 1. The van der Waals surface area contributed by atoms with Crippen LogP contribution in [0.4, 0.5) is 5.69 Å². The van der Waals surface area contributed by atoms with Crippen LogP contribution in [0.5, 0.6) is 0 Å². The van der Waals surface area contributed by atoms with Crippen molar-refractivity contribution in [3.63, 3.8) is 0 Å². The molecule has 1 N–H and O–H groups in total. The SMILES string of the molecule is CCCNC1CC2CCCC(C1)N2c1cccc(Br)c1. The second-order valence-corrected chi connectivity index (χ2v) is 7.16. The molecular formula is C17H25BrN2. The van der Waals surface area contributed by atoms with E-state index < -0.39 is 0 Å². The van der Waals surface area contributed by atoms with E-state index in [-0.39, 0.29) is 0 Å². The molecule has 2 unspecified atom stereocenters. The van der Waals surface area contributed by atoms with E-state index in [9.17, 15) is 0 Å². The van der Waals surface area contributed by atoms with Gasteiger partial charge in [-0.1, -0.05) is 28.9 Å². The molecule has 0 aliphatic carbocycles. The lowest BCUT2D eigenvalue weighted by molar-refractivity contribution is 0.246. The Hall–Kier alpha value is -0.540. The topological polar surface area (TPSA) is 15.3 Å². The molecule has 3 heteroatoms. The number of rotatable bonds is 4. The maximum absolute atomic E-state index is 3.75. The van der Waals surface area contributed by atoms with Gasteiger partial charge in [0, 0.05) is 28.3 Å². The first-order valence-corrected chi connectivity index (χ1v) is 8.84. The summed E-state index contributed by atoms with van der Waals surface area (Å²) in [6.07, 6.45) is 7.97. The van der Waals surface area contributed by atoms with Crippen LogP contribution in [0.25, 0.3) is 0 Å². The maximum Gasteiger partial charge on any atom is 0.0382 e. The van der Waals surface area contributed by atoms with Crippen LogP contribution < -0.4 is 10.2 Å². The predicted molar refractivity (Wildman–Crippen MR) is 89.4 cm³/mol. The second-order valence-electron chi connectivity index (χ2n) is 6.25. The predicted octanol–water partition coefficient (Wildman–Crippen LogP) is 4.34. The molecule has 2 fully saturated rings. The van der Waals surface area contributed by atoms with Crippen molar-refractivity contribution in [3.8, 4) is 0 Å². The van der Waals surface area contributed by atoms with Crippen LogP contribution >= 0.6 is 15.9 Å². The van der Waals surface area contributed by atoms with E-state index in [1.165, 1.54) is 55.2 Å². The molecule has 20 heavy (non-hydrogen) atoms. The average Bonchev–Trinajstić information content (AvgIpc) is 2.44. The molecule has 1 aromatic carbocycles. The van der Waals surface area contributed by atoms with E-state index >= 15 is 0 Å². The summed E-state index contributed by atoms with van der Waals surface area (Å²) in [6.45, 7) is 3.42. The van der Waals surface area contributed by atoms with Crippen molar-refractivity contribution in [2.45, 2.75) is 63.6 Å². The third kappa shape index (κ3) is 3.04. The Morgan fingerprint density at radius 2 is 2.00 bits per heavy atom. The van der Waals surface area contributed by atoms with Gasteiger partial charge in [-0.25, -0.2) is 0 Å². The molecule has 2 nitrogen and oxygen atoms in total. The van der Waals surface area contributed by atoms with E-state index in [0.717, 1.165) is 18.1 Å². The van der Waals surface area contributed by atoms with Crippen molar-refractivity contribution < 1.29 is 0 Å². The normalized spacial score (nSPS) is 29.5. The summed E-state index contributed by atoms with van der Waals surface area (Å²) in [4.78, 5) is 2.71. The van der Waals surface area contributed by atoms with Crippen molar-refractivity contribution in [2.75, 3.05) is 11.4 Å². The Kier molecular flexibility index (Phi) is 4.67. The van der Waals surface area contributed by atoms with E-state index in [1.54, 1.807) is 0 Å². The highest BCUT2D eigenvalue weighted by Gasteiger charge is 2.37. The number of nitrogens with one attached hydrogen (secondary N) is 1. The number of hydrogen-bond donors (Lipinski definition) is 1. The molecule has 0 radical (unpaired) electrons. The van der Waals surface area contributed by atoms with Crippen LogP contribution in [-0.2, 0) is 0 Å². The van der Waals surface area contributed by atoms with Crippen molar-refractivity contribution in [3.05, 3.63) is 28.7 Å². The lowest BCUT2D eigenvalue weighted by Crippen LogP contribution is -2.56. The van der Waals surface area contributed by atoms with Gasteiger partial charge < -0.3 is 10.2 Å². The molecule has 2 aliphatic rings. The molecule has 0 aromatic heterocycles. The zero-order valence-electron chi connectivity index (χ0n) is 12.3. The fourth-order valence-corrected chi connectivity index (χ4v) is 4.34. The van der Waals surface area contributed by atoms with Crippen LogP contribution in [0, 0.1) is 0 Å². The van der Waals surface area contributed by atoms with Crippen LogP contribution in [-0.4, -0.2) is 24.7 Å². The summed E-state index contributed by atoms with van der Waals surface area (Å²) < 4.78 is 1.19. The Morgan fingerprint density at radius 1 is 1.25 bits per heavy atom. The highest BCUT2D eigenvalue weighted by atomic mass is 79.9. The lowest BCUT2D eigenvalue weighted by atomic mass is 9.81.